The molecular formula is C18H14BrN3OS. The van der Waals surface area contributed by atoms with Gasteiger partial charge in [0, 0.05) is 16.4 Å². The number of halogens is 1. The van der Waals surface area contributed by atoms with Crippen LogP contribution in [0.3, 0.4) is 0 Å². The molecule has 0 radical (unpaired) electrons. The van der Waals surface area contributed by atoms with E-state index in [4.69, 9.17) is 0 Å². The van der Waals surface area contributed by atoms with E-state index in [1.54, 1.807) is 0 Å². The predicted molar refractivity (Wildman–Crippen MR) is 101 cm³/mol. The molecule has 0 aliphatic carbocycles. The number of rotatable bonds is 4. The Labute approximate surface area is 152 Å². The van der Waals surface area contributed by atoms with E-state index in [9.17, 15) is 10.4 Å². The highest BCUT2D eigenvalue weighted by Crippen LogP contribution is 2.30. The number of aromatic nitrogens is 2. The van der Waals surface area contributed by atoms with Crippen LogP contribution in [0.2, 0.25) is 0 Å². The van der Waals surface area contributed by atoms with Crippen molar-refractivity contribution in [2.24, 2.45) is 7.05 Å². The molecule has 0 aliphatic rings. The van der Waals surface area contributed by atoms with Crippen molar-refractivity contribution in [3.05, 3.63) is 64.6 Å². The average Bonchev–Trinajstić information content (AvgIpc) is 2.92. The van der Waals surface area contributed by atoms with Crippen molar-refractivity contribution in [1.82, 2.24) is 9.55 Å². The molecule has 1 N–H and O–H groups in total. The SMILES string of the molecule is Cn1c(/C(C#N)=C(\O)CSc2ccccc2Br)nc2ccccc21. The number of fused-ring (bicyclic) bond motifs is 1. The molecule has 0 atom stereocenters. The van der Waals surface area contributed by atoms with E-state index in [2.05, 4.69) is 27.0 Å². The van der Waals surface area contributed by atoms with Gasteiger partial charge < -0.3 is 9.67 Å². The smallest absolute Gasteiger partial charge is 0.155 e. The number of para-hydroxylation sites is 2. The second-order valence-electron chi connectivity index (χ2n) is 5.14. The Morgan fingerprint density at radius 3 is 2.67 bits per heavy atom. The van der Waals surface area contributed by atoms with E-state index in [0.717, 1.165) is 20.4 Å². The standard InChI is InChI=1S/C18H14BrN3OS/c1-22-15-8-4-3-7-14(15)21-18(22)12(10-20)16(23)11-24-17-9-5-2-6-13(17)19/h2-9,23H,11H2,1H3/b16-12-. The van der Waals surface area contributed by atoms with E-state index in [1.807, 2.05) is 60.1 Å². The molecule has 24 heavy (non-hydrogen) atoms. The fourth-order valence-corrected chi connectivity index (χ4v) is 3.84. The molecule has 2 aromatic carbocycles. The zero-order valence-corrected chi connectivity index (χ0v) is 15.3. The molecule has 0 spiro atoms. The second-order valence-corrected chi connectivity index (χ2v) is 7.01. The maximum absolute atomic E-state index is 10.4. The largest absolute Gasteiger partial charge is 0.510 e. The second kappa shape index (κ2) is 7.12. The molecule has 0 amide bonds. The number of allylic oxidation sites excluding steroid dienone is 1. The Hall–Kier alpha value is -2.23. The van der Waals surface area contributed by atoms with Crippen LogP contribution in [-0.2, 0) is 7.05 Å². The van der Waals surface area contributed by atoms with Gasteiger partial charge in [0.25, 0.3) is 0 Å². The van der Waals surface area contributed by atoms with Gasteiger partial charge in [-0.05, 0) is 40.2 Å². The summed E-state index contributed by atoms with van der Waals surface area (Å²) in [6.45, 7) is 0. The van der Waals surface area contributed by atoms with Gasteiger partial charge in [-0.15, -0.1) is 11.8 Å². The number of benzene rings is 2. The van der Waals surface area contributed by atoms with Crippen molar-refractivity contribution in [2.75, 3.05) is 5.75 Å². The normalized spacial score (nSPS) is 12.0. The summed E-state index contributed by atoms with van der Waals surface area (Å²) in [5, 5.41) is 19.9. The van der Waals surface area contributed by atoms with Crippen LogP contribution < -0.4 is 0 Å². The number of aliphatic hydroxyl groups is 1. The van der Waals surface area contributed by atoms with Crippen LogP contribution in [0.5, 0.6) is 0 Å². The molecule has 1 aromatic heterocycles. The maximum atomic E-state index is 10.4. The van der Waals surface area contributed by atoms with Crippen LogP contribution in [0.25, 0.3) is 16.6 Å². The van der Waals surface area contributed by atoms with Gasteiger partial charge in [-0.1, -0.05) is 24.3 Å². The number of hydrogen-bond acceptors (Lipinski definition) is 4. The van der Waals surface area contributed by atoms with Gasteiger partial charge in [-0.3, -0.25) is 0 Å². The third-order valence-corrected chi connectivity index (χ3v) is 5.65. The maximum Gasteiger partial charge on any atom is 0.155 e. The van der Waals surface area contributed by atoms with Gasteiger partial charge in [0.05, 0.1) is 16.8 Å². The average molecular weight is 400 g/mol. The topological polar surface area (TPSA) is 61.8 Å². The monoisotopic (exact) mass is 399 g/mol. The Kier molecular flexibility index (Phi) is 4.93. The lowest BCUT2D eigenvalue weighted by Crippen LogP contribution is -2.00. The minimum absolute atomic E-state index is 0.0247. The van der Waals surface area contributed by atoms with Gasteiger partial charge in [0.15, 0.2) is 5.82 Å². The van der Waals surface area contributed by atoms with Gasteiger partial charge in [0.1, 0.15) is 17.4 Å². The van der Waals surface area contributed by atoms with Crippen molar-refractivity contribution >= 4 is 44.3 Å². The third-order valence-electron chi connectivity index (χ3n) is 3.61. The summed E-state index contributed by atoms with van der Waals surface area (Å²) in [6, 6.07) is 17.5. The molecule has 3 rings (SSSR count). The van der Waals surface area contributed by atoms with Gasteiger partial charge in [-0.25, -0.2) is 4.98 Å². The molecule has 4 nitrogen and oxygen atoms in total. The van der Waals surface area contributed by atoms with Crippen molar-refractivity contribution in [3.8, 4) is 6.07 Å². The van der Waals surface area contributed by atoms with Crippen LogP contribution in [0.15, 0.2) is 63.7 Å². The predicted octanol–water partition coefficient (Wildman–Crippen LogP) is 4.92. The van der Waals surface area contributed by atoms with E-state index in [0.29, 0.717) is 11.6 Å². The number of aliphatic hydroxyl groups excluding tert-OH is 1. The molecular weight excluding hydrogens is 386 g/mol. The first kappa shape index (κ1) is 16.6. The fourth-order valence-electron chi connectivity index (χ4n) is 2.39. The third kappa shape index (κ3) is 3.18. The number of hydrogen-bond donors (Lipinski definition) is 1. The first-order valence-corrected chi connectivity index (χ1v) is 9.01. The first-order chi connectivity index (χ1) is 11.6. The summed E-state index contributed by atoms with van der Waals surface area (Å²) in [4.78, 5) is 5.49. The minimum Gasteiger partial charge on any atom is -0.510 e. The van der Waals surface area contributed by atoms with Crippen LogP contribution in [-0.4, -0.2) is 20.4 Å². The Morgan fingerprint density at radius 1 is 1.25 bits per heavy atom. The first-order valence-electron chi connectivity index (χ1n) is 7.23. The lowest BCUT2D eigenvalue weighted by molar-refractivity contribution is 0.420. The number of thioether (sulfide) groups is 1. The van der Waals surface area contributed by atoms with Gasteiger partial charge >= 0.3 is 0 Å². The highest BCUT2D eigenvalue weighted by Gasteiger charge is 2.16. The van der Waals surface area contributed by atoms with Gasteiger partial charge in [0.2, 0.25) is 0 Å². The summed E-state index contributed by atoms with van der Waals surface area (Å²) in [5.41, 5.74) is 1.92. The Bertz CT molecular complexity index is 972. The highest BCUT2D eigenvalue weighted by atomic mass is 79.9. The van der Waals surface area contributed by atoms with E-state index in [1.165, 1.54) is 11.8 Å². The summed E-state index contributed by atoms with van der Waals surface area (Å²) in [5.74, 6) is 0.801. The zero-order chi connectivity index (χ0) is 17.1. The summed E-state index contributed by atoms with van der Waals surface area (Å²) < 4.78 is 2.79. The molecule has 0 aliphatic heterocycles. The number of imidazole rings is 1. The Morgan fingerprint density at radius 2 is 1.96 bits per heavy atom. The number of nitrogens with zero attached hydrogens (tertiary/aromatic N) is 3. The molecule has 0 saturated heterocycles. The molecule has 3 aromatic rings. The van der Waals surface area contributed by atoms with E-state index in [-0.39, 0.29) is 11.3 Å². The Balaban J connectivity index is 1.94. The zero-order valence-electron chi connectivity index (χ0n) is 12.9. The molecule has 120 valence electrons. The summed E-state index contributed by atoms with van der Waals surface area (Å²) in [6.07, 6.45) is 0. The lowest BCUT2D eigenvalue weighted by atomic mass is 10.2. The quantitative estimate of drug-likeness (QED) is 0.384. The lowest BCUT2D eigenvalue weighted by Gasteiger charge is -2.06. The van der Waals surface area contributed by atoms with Crippen LogP contribution in [0.1, 0.15) is 5.82 Å². The van der Waals surface area contributed by atoms with Crippen LogP contribution >= 0.6 is 27.7 Å². The van der Waals surface area contributed by atoms with Crippen LogP contribution in [0.4, 0.5) is 0 Å². The van der Waals surface area contributed by atoms with E-state index >= 15 is 0 Å². The van der Waals surface area contributed by atoms with Gasteiger partial charge in [-0.2, -0.15) is 5.26 Å². The summed E-state index contributed by atoms with van der Waals surface area (Å²) in [7, 11) is 1.84. The number of nitriles is 1. The number of aryl methyl sites for hydroxylation is 1. The molecule has 0 saturated carbocycles. The van der Waals surface area contributed by atoms with Crippen molar-refractivity contribution < 1.29 is 5.11 Å². The minimum atomic E-state index is 0.0247. The summed E-state index contributed by atoms with van der Waals surface area (Å²) >= 11 is 4.94. The van der Waals surface area contributed by atoms with E-state index < -0.39 is 0 Å². The van der Waals surface area contributed by atoms with Crippen LogP contribution in [0, 0.1) is 11.3 Å². The molecule has 6 heteroatoms. The molecule has 1 heterocycles. The molecule has 0 fully saturated rings. The van der Waals surface area contributed by atoms with Crippen molar-refractivity contribution in [2.45, 2.75) is 4.90 Å². The van der Waals surface area contributed by atoms with Crippen molar-refractivity contribution in [3.63, 3.8) is 0 Å². The van der Waals surface area contributed by atoms with Crippen molar-refractivity contribution in [1.29, 1.82) is 5.26 Å². The fraction of sp³-hybridized carbons (Fsp3) is 0.111. The highest BCUT2D eigenvalue weighted by molar-refractivity contribution is 9.10. The molecule has 0 bridgehead atoms. The molecule has 0 unspecified atom stereocenters.